The number of carbonyl (C=O) groups is 1. The molecule has 1 unspecified atom stereocenters. The van der Waals surface area contributed by atoms with Crippen molar-refractivity contribution < 1.29 is 17.9 Å². The van der Waals surface area contributed by atoms with E-state index >= 15 is 0 Å². The summed E-state index contributed by atoms with van der Waals surface area (Å²) in [6.45, 7) is 0.0191. The second-order valence-electron chi connectivity index (χ2n) is 7.48. The predicted molar refractivity (Wildman–Crippen MR) is 124 cm³/mol. The quantitative estimate of drug-likeness (QED) is 0.377. The van der Waals surface area contributed by atoms with Crippen molar-refractivity contribution in [1.29, 1.82) is 0 Å². The van der Waals surface area contributed by atoms with E-state index in [0.717, 1.165) is 11.3 Å². The lowest BCUT2D eigenvalue weighted by Crippen LogP contribution is -2.19. The Labute approximate surface area is 188 Å². The molecule has 32 heavy (non-hydrogen) atoms. The molecule has 1 aliphatic heterocycles. The summed E-state index contributed by atoms with van der Waals surface area (Å²) < 4.78 is 30.1. The molecule has 1 atom stereocenters. The van der Waals surface area contributed by atoms with Crippen molar-refractivity contribution in [2.75, 3.05) is 17.4 Å². The van der Waals surface area contributed by atoms with Crippen LogP contribution in [0.25, 0.3) is 0 Å². The van der Waals surface area contributed by atoms with Crippen LogP contribution in [0.15, 0.2) is 101 Å². The summed E-state index contributed by atoms with van der Waals surface area (Å²) in [4.78, 5) is 12.9. The summed E-state index contributed by atoms with van der Waals surface area (Å²) in [7, 11) is -3.40. The Morgan fingerprint density at radius 1 is 0.906 bits per heavy atom. The van der Waals surface area contributed by atoms with Crippen LogP contribution < -0.4 is 5.01 Å². The summed E-state index contributed by atoms with van der Waals surface area (Å²) in [5.41, 5.74) is 2.27. The molecule has 0 saturated heterocycles. The van der Waals surface area contributed by atoms with Crippen LogP contribution in [-0.4, -0.2) is 32.5 Å². The minimum atomic E-state index is -3.40. The topological polar surface area (TPSA) is 76.0 Å². The first-order valence-corrected chi connectivity index (χ1v) is 12.1. The number of hydrogen-bond donors (Lipinski definition) is 0. The van der Waals surface area contributed by atoms with Gasteiger partial charge in [0, 0.05) is 6.42 Å². The summed E-state index contributed by atoms with van der Waals surface area (Å²) >= 11 is 0. The molecular formula is C25H24N2O4S. The van der Waals surface area contributed by atoms with E-state index in [1.54, 1.807) is 30.3 Å². The Balaban J connectivity index is 1.40. The van der Waals surface area contributed by atoms with E-state index in [4.69, 9.17) is 4.74 Å². The second kappa shape index (κ2) is 9.78. The molecule has 0 fully saturated rings. The number of carbonyl (C=O) groups excluding carboxylic acids is 1. The van der Waals surface area contributed by atoms with Crippen LogP contribution in [0, 0.1) is 0 Å². The van der Waals surface area contributed by atoms with Gasteiger partial charge < -0.3 is 4.74 Å². The molecule has 164 valence electrons. The fourth-order valence-electron chi connectivity index (χ4n) is 3.63. The summed E-state index contributed by atoms with van der Waals surface area (Å²) in [5, 5.41) is 6.39. The molecule has 3 aromatic rings. The highest BCUT2D eigenvalue weighted by Crippen LogP contribution is 2.35. The van der Waals surface area contributed by atoms with E-state index in [1.165, 1.54) is 0 Å². The van der Waals surface area contributed by atoms with Crippen LogP contribution in [0.3, 0.4) is 0 Å². The highest BCUT2D eigenvalue weighted by atomic mass is 32.2. The number of nitrogens with zero attached hydrogens (tertiary/aromatic N) is 2. The van der Waals surface area contributed by atoms with E-state index in [9.17, 15) is 13.2 Å². The fourth-order valence-corrected chi connectivity index (χ4v) is 4.94. The molecule has 7 heteroatoms. The number of esters is 1. The predicted octanol–water partition coefficient (Wildman–Crippen LogP) is 4.40. The van der Waals surface area contributed by atoms with Gasteiger partial charge in [0.15, 0.2) is 9.84 Å². The van der Waals surface area contributed by atoms with E-state index in [2.05, 4.69) is 5.10 Å². The molecule has 0 radical (unpaired) electrons. The van der Waals surface area contributed by atoms with E-state index in [0.29, 0.717) is 12.1 Å². The number of hydrogen-bond acceptors (Lipinski definition) is 6. The van der Waals surface area contributed by atoms with Gasteiger partial charge in [0.1, 0.15) is 5.71 Å². The summed E-state index contributed by atoms with van der Waals surface area (Å²) in [6, 6.07) is 27.7. The first-order valence-electron chi connectivity index (χ1n) is 10.5. The zero-order chi connectivity index (χ0) is 22.4. The van der Waals surface area contributed by atoms with E-state index in [1.807, 2.05) is 65.7 Å². The van der Waals surface area contributed by atoms with Crippen LogP contribution in [0.1, 0.15) is 24.4 Å². The minimum Gasteiger partial charge on any atom is -0.461 e. The third kappa shape index (κ3) is 5.06. The van der Waals surface area contributed by atoms with Crippen molar-refractivity contribution in [2.45, 2.75) is 23.8 Å². The first kappa shape index (κ1) is 21.8. The van der Waals surface area contributed by atoms with E-state index in [-0.39, 0.29) is 29.7 Å². The van der Waals surface area contributed by atoms with Crippen LogP contribution in [-0.2, 0) is 19.4 Å². The lowest BCUT2D eigenvalue weighted by Gasteiger charge is -2.23. The zero-order valence-corrected chi connectivity index (χ0v) is 18.3. The fraction of sp³-hybridized carbons (Fsp3) is 0.200. The number of anilines is 1. The molecule has 0 aliphatic carbocycles. The van der Waals surface area contributed by atoms with Crippen molar-refractivity contribution in [1.82, 2.24) is 0 Å². The van der Waals surface area contributed by atoms with Crippen molar-refractivity contribution in [3.05, 3.63) is 96.6 Å². The van der Waals surface area contributed by atoms with Gasteiger partial charge in [-0.3, -0.25) is 5.01 Å². The maximum absolute atomic E-state index is 12.7. The van der Waals surface area contributed by atoms with Crippen molar-refractivity contribution in [3.8, 4) is 0 Å². The Hall–Kier alpha value is -3.45. The number of hydrazone groups is 1. The number of sulfone groups is 1. The standard InChI is InChI=1S/C25H24N2O4S/c28-25(31-17-10-18-32(29,30)22-15-8-3-9-16-22)23-19-24(20-11-4-1-5-12-20)27(26-23)21-13-6-2-7-14-21/h1-9,11-16,24H,10,17-19H2. The molecule has 4 rings (SSSR count). The molecule has 0 spiro atoms. The summed E-state index contributed by atoms with van der Waals surface area (Å²) in [6.07, 6.45) is 0.640. The number of rotatable bonds is 8. The SMILES string of the molecule is O=C(OCCCS(=O)(=O)c1ccccc1)C1=NN(c2ccccc2)C(c2ccccc2)C1. The smallest absolute Gasteiger partial charge is 0.354 e. The van der Waals surface area contributed by atoms with Gasteiger partial charge in [0.2, 0.25) is 0 Å². The molecule has 1 aliphatic rings. The van der Waals surface area contributed by atoms with Crippen LogP contribution in [0.5, 0.6) is 0 Å². The van der Waals surface area contributed by atoms with Crippen LogP contribution in [0.4, 0.5) is 5.69 Å². The average Bonchev–Trinajstić information content (AvgIpc) is 3.29. The Kier molecular flexibility index (Phi) is 6.66. The summed E-state index contributed by atoms with van der Waals surface area (Å²) in [5.74, 6) is -0.596. The van der Waals surface area contributed by atoms with Crippen molar-refractivity contribution in [2.24, 2.45) is 5.10 Å². The van der Waals surface area contributed by atoms with Gasteiger partial charge in [-0.15, -0.1) is 0 Å². The largest absolute Gasteiger partial charge is 0.461 e. The lowest BCUT2D eigenvalue weighted by molar-refractivity contribution is -0.135. The van der Waals surface area contributed by atoms with Crippen LogP contribution >= 0.6 is 0 Å². The molecule has 6 nitrogen and oxygen atoms in total. The van der Waals surface area contributed by atoms with Gasteiger partial charge in [0.05, 0.1) is 29.0 Å². The number of ether oxygens (including phenoxy) is 1. The lowest BCUT2D eigenvalue weighted by atomic mass is 10.0. The normalized spacial score (nSPS) is 15.9. The molecule has 1 heterocycles. The monoisotopic (exact) mass is 448 g/mol. The number of benzene rings is 3. The Morgan fingerprint density at radius 2 is 1.50 bits per heavy atom. The average molecular weight is 449 g/mol. The maximum Gasteiger partial charge on any atom is 0.354 e. The highest BCUT2D eigenvalue weighted by Gasteiger charge is 2.33. The molecule has 0 amide bonds. The first-order chi connectivity index (χ1) is 15.5. The molecular weight excluding hydrogens is 424 g/mol. The van der Waals surface area contributed by atoms with Crippen LogP contribution in [0.2, 0.25) is 0 Å². The van der Waals surface area contributed by atoms with E-state index < -0.39 is 15.8 Å². The van der Waals surface area contributed by atoms with Crippen molar-refractivity contribution >= 4 is 27.2 Å². The maximum atomic E-state index is 12.7. The zero-order valence-electron chi connectivity index (χ0n) is 17.5. The van der Waals surface area contributed by atoms with Crippen molar-refractivity contribution in [3.63, 3.8) is 0 Å². The van der Waals surface area contributed by atoms with Gasteiger partial charge in [-0.1, -0.05) is 66.7 Å². The van der Waals surface area contributed by atoms with Gasteiger partial charge in [-0.05, 0) is 36.2 Å². The van der Waals surface area contributed by atoms with Gasteiger partial charge in [0.25, 0.3) is 0 Å². The third-order valence-electron chi connectivity index (χ3n) is 5.24. The molecule has 0 N–H and O–H groups in total. The highest BCUT2D eigenvalue weighted by molar-refractivity contribution is 7.91. The molecule has 0 aromatic heterocycles. The van der Waals surface area contributed by atoms with Gasteiger partial charge in [-0.25, -0.2) is 13.2 Å². The number of para-hydroxylation sites is 1. The molecule has 0 bridgehead atoms. The van der Waals surface area contributed by atoms with Gasteiger partial charge in [-0.2, -0.15) is 5.10 Å². The Morgan fingerprint density at radius 3 is 2.16 bits per heavy atom. The Bertz CT molecular complexity index is 1180. The van der Waals surface area contributed by atoms with Gasteiger partial charge >= 0.3 is 5.97 Å². The molecule has 0 saturated carbocycles. The minimum absolute atomic E-state index is 0.0191. The third-order valence-corrected chi connectivity index (χ3v) is 7.06. The second-order valence-corrected chi connectivity index (χ2v) is 9.59. The molecule has 3 aromatic carbocycles.